The molecule has 3 rings (SSSR count). The van der Waals surface area contributed by atoms with Crippen molar-refractivity contribution >= 4 is 45.5 Å². The van der Waals surface area contributed by atoms with Crippen LogP contribution in [0.4, 0.5) is 17.1 Å². The number of nitrogens with one attached hydrogen (secondary N) is 2. The molecular weight excluding hydrogens is 350 g/mol. The van der Waals surface area contributed by atoms with Gasteiger partial charge in [0.1, 0.15) is 0 Å². The summed E-state index contributed by atoms with van der Waals surface area (Å²) in [7, 11) is 0. The smallest absolute Gasteiger partial charge is 0.253 e. The second kappa shape index (κ2) is 7.93. The number of nitrogens with two attached hydrogens (primary N) is 2. The molecule has 2 aromatic carbocycles. The summed E-state index contributed by atoms with van der Waals surface area (Å²) in [5.74, 6) is -0.223. The number of pyridine rings is 1. The summed E-state index contributed by atoms with van der Waals surface area (Å²) < 4.78 is 0. The number of anilines is 3. The van der Waals surface area contributed by atoms with E-state index in [4.69, 9.17) is 23.1 Å². The number of halogens is 1. The van der Waals surface area contributed by atoms with Crippen LogP contribution in [-0.4, -0.2) is 24.0 Å². The molecule has 0 aliphatic rings. The molecule has 1 heterocycles. The standard InChI is InChI=1S/C19H20ClN5O/c20-12-2-4-14-17(6-9-24-18(14)10-12)23-7-1-8-25-19(26)15-11-13(21)3-5-16(15)22/h2-6,9-11H,1,7-8,21-22H2,(H,23,24)(H,25,26). The van der Waals surface area contributed by atoms with Crippen LogP contribution in [0.5, 0.6) is 0 Å². The van der Waals surface area contributed by atoms with E-state index >= 15 is 0 Å². The van der Waals surface area contributed by atoms with Gasteiger partial charge in [0.25, 0.3) is 5.91 Å². The van der Waals surface area contributed by atoms with E-state index in [1.165, 1.54) is 0 Å². The lowest BCUT2D eigenvalue weighted by Gasteiger charge is -2.11. The number of nitrogens with zero attached hydrogens (tertiary/aromatic N) is 1. The molecule has 0 aliphatic heterocycles. The fourth-order valence-electron chi connectivity index (χ4n) is 2.65. The minimum atomic E-state index is -0.223. The molecule has 0 radical (unpaired) electrons. The van der Waals surface area contributed by atoms with E-state index in [-0.39, 0.29) is 5.91 Å². The Morgan fingerprint density at radius 2 is 1.92 bits per heavy atom. The van der Waals surface area contributed by atoms with E-state index in [1.807, 2.05) is 24.3 Å². The van der Waals surface area contributed by atoms with Crippen molar-refractivity contribution in [2.75, 3.05) is 29.9 Å². The number of hydrogen-bond acceptors (Lipinski definition) is 5. The molecule has 0 unspecified atom stereocenters. The minimum Gasteiger partial charge on any atom is -0.399 e. The van der Waals surface area contributed by atoms with Crippen molar-refractivity contribution in [1.82, 2.24) is 10.3 Å². The lowest BCUT2D eigenvalue weighted by Crippen LogP contribution is -2.26. The molecule has 0 aliphatic carbocycles. The molecule has 26 heavy (non-hydrogen) atoms. The first-order valence-electron chi connectivity index (χ1n) is 8.26. The summed E-state index contributed by atoms with van der Waals surface area (Å²) in [4.78, 5) is 16.5. The molecule has 134 valence electrons. The predicted molar refractivity (Wildman–Crippen MR) is 107 cm³/mol. The first-order valence-corrected chi connectivity index (χ1v) is 8.64. The van der Waals surface area contributed by atoms with E-state index in [2.05, 4.69) is 15.6 Å². The fourth-order valence-corrected chi connectivity index (χ4v) is 2.82. The van der Waals surface area contributed by atoms with Crippen molar-refractivity contribution in [2.45, 2.75) is 6.42 Å². The van der Waals surface area contributed by atoms with Gasteiger partial charge in [0.05, 0.1) is 11.1 Å². The maximum Gasteiger partial charge on any atom is 0.253 e. The highest BCUT2D eigenvalue weighted by Gasteiger charge is 2.09. The molecule has 6 N–H and O–H groups in total. The van der Waals surface area contributed by atoms with Gasteiger partial charge in [-0.15, -0.1) is 0 Å². The van der Waals surface area contributed by atoms with Gasteiger partial charge < -0.3 is 22.1 Å². The highest BCUT2D eigenvalue weighted by Crippen LogP contribution is 2.24. The van der Waals surface area contributed by atoms with Gasteiger partial charge in [-0.3, -0.25) is 9.78 Å². The average molecular weight is 370 g/mol. The molecule has 0 spiro atoms. The predicted octanol–water partition coefficient (Wildman–Crippen LogP) is 3.28. The Balaban J connectivity index is 1.52. The number of amides is 1. The van der Waals surface area contributed by atoms with Crippen LogP contribution in [0.15, 0.2) is 48.7 Å². The van der Waals surface area contributed by atoms with Gasteiger partial charge in [-0.2, -0.15) is 0 Å². The Kier molecular flexibility index (Phi) is 5.43. The molecule has 3 aromatic rings. The maximum atomic E-state index is 12.2. The van der Waals surface area contributed by atoms with Gasteiger partial charge in [0, 0.05) is 46.8 Å². The molecule has 0 saturated heterocycles. The zero-order valence-electron chi connectivity index (χ0n) is 14.1. The zero-order valence-corrected chi connectivity index (χ0v) is 14.9. The Morgan fingerprint density at radius 3 is 2.77 bits per heavy atom. The van der Waals surface area contributed by atoms with Crippen LogP contribution in [-0.2, 0) is 0 Å². The van der Waals surface area contributed by atoms with Crippen LogP contribution in [0.2, 0.25) is 5.02 Å². The van der Waals surface area contributed by atoms with Crippen molar-refractivity contribution < 1.29 is 4.79 Å². The number of nitrogen functional groups attached to an aromatic ring is 2. The van der Waals surface area contributed by atoms with E-state index in [1.54, 1.807) is 24.4 Å². The summed E-state index contributed by atoms with van der Waals surface area (Å²) in [5.41, 5.74) is 14.7. The molecule has 0 fully saturated rings. The van der Waals surface area contributed by atoms with Crippen molar-refractivity contribution in [2.24, 2.45) is 0 Å². The number of fused-ring (bicyclic) bond motifs is 1. The van der Waals surface area contributed by atoms with Gasteiger partial charge in [0.2, 0.25) is 0 Å². The lowest BCUT2D eigenvalue weighted by atomic mass is 10.1. The third kappa shape index (κ3) is 4.15. The highest BCUT2D eigenvalue weighted by atomic mass is 35.5. The number of benzene rings is 2. The second-order valence-electron chi connectivity index (χ2n) is 5.90. The Labute approximate surface area is 156 Å². The van der Waals surface area contributed by atoms with Crippen molar-refractivity contribution in [3.05, 3.63) is 59.2 Å². The quantitative estimate of drug-likeness (QED) is 0.394. The summed E-state index contributed by atoms with van der Waals surface area (Å²) in [5, 5.41) is 7.88. The third-order valence-corrected chi connectivity index (χ3v) is 4.22. The SMILES string of the molecule is Nc1ccc(N)c(C(=O)NCCCNc2ccnc3cc(Cl)ccc23)c1. The molecule has 0 bridgehead atoms. The minimum absolute atomic E-state index is 0.223. The van der Waals surface area contributed by atoms with E-state index in [0.717, 1.165) is 23.0 Å². The van der Waals surface area contributed by atoms with Crippen LogP contribution >= 0.6 is 11.6 Å². The van der Waals surface area contributed by atoms with Gasteiger partial charge in [-0.25, -0.2) is 0 Å². The van der Waals surface area contributed by atoms with Crippen molar-refractivity contribution in [3.63, 3.8) is 0 Å². The van der Waals surface area contributed by atoms with E-state index in [9.17, 15) is 4.79 Å². The van der Waals surface area contributed by atoms with Gasteiger partial charge in [-0.05, 0) is 48.9 Å². The largest absolute Gasteiger partial charge is 0.399 e. The third-order valence-electron chi connectivity index (χ3n) is 3.98. The number of hydrogen-bond donors (Lipinski definition) is 4. The highest BCUT2D eigenvalue weighted by molar-refractivity contribution is 6.31. The van der Waals surface area contributed by atoms with Crippen LogP contribution in [0, 0.1) is 0 Å². The Hall–Kier alpha value is -2.99. The van der Waals surface area contributed by atoms with Crippen LogP contribution in [0.25, 0.3) is 10.9 Å². The molecule has 6 nitrogen and oxygen atoms in total. The van der Waals surface area contributed by atoms with Gasteiger partial charge >= 0.3 is 0 Å². The number of carbonyl (C=O) groups excluding carboxylic acids is 1. The average Bonchev–Trinajstić information content (AvgIpc) is 2.63. The Morgan fingerprint density at radius 1 is 1.08 bits per heavy atom. The zero-order chi connectivity index (χ0) is 18.5. The van der Waals surface area contributed by atoms with Gasteiger partial charge in [0.15, 0.2) is 0 Å². The normalized spacial score (nSPS) is 10.7. The first-order chi connectivity index (χ1) is 12.5. The van der Waals surface area contributed by atoms with E-state index in [0.29, 0.717) is 35.1 Å². The topological polar surface area (TPSA) is 106 Å². The number of carbonyl (C=O) groups is 1. The molecule has 0 atom stereocenters. The maximum absolute atomic E-state index is 12.2. The Bertz CT molecular complexity index is 944. The number of aromatic nitrogens is 1. The summed E-state index contributed by atoms with van der Waals surface area (Å²) >= 11 is 6.00. The summed E-state index contributed by atoms with van der Waals surface area (Å²) in [6, 6.07) is 12.4. The summed E-state index contributed by atoms with van der Waals surface area (Å²) in [6.07, 6.45) is 2.50. The molecule has 0 saturated carbocycles. The molecule has 1 amide bonds. The second-order valence-corrected chi connectivity index (χ2v) is 6.34. The van der Waals surface area contributed by atoms with Crippen LogP contribution in [0.1, 0.15) is 16.8 Å². The molecule has 7 heteroatoms. The first kappa shape index (κ1) is 17.8. The van der Waals surface area contributed by atoms with Crippen LogP contribution < -0.4 is 22.1 Å². The van der Waals surface area contributed by atoms with Crippen molar-refractivity contribution in [3.8, 4) is 0 Å². The van der Waals surface area contributed by atoms with Crippen molar-refractivity contribution in [1.29, 1.82) is 0 Å². The lowest BCUT2D eigenvalue weighted by molar-refractivity contribution is 0.0954. The van der Waals surface area contributed by atoms with E-state index < -0.39 is 0 Å². The molecule has 1 aromatic heterocycles. The molecular formula is C19H20ClN5O. The van der Waals surface area contributed by atoms with Gasteiger partial charge in [-0.1, -0.05) is 11.6 Å². The fraction of sp³-hybridized carbons (Fsp3) is 0.158. The summed E-state index contributed by atoms with van der Waals surface area (Å²) in [6.45, 7) is 1.23. The van der Waals surface area contributed by atoms with Crippen LogP contribution in [0.3, 0.4) is 0 Å². The number of rotatable bonds is 6. The monoisotopic (exact) mass is 369 g/mol.